The maximum absolute atomic E-state index is 6.57. The van der Waals surface area contributed by atoms with Gasteiger partial charge in [0.25, 0.3) is 0 Å². The van der Waals surface area contributed by atoms with E-state index in [4.69, 9.17) is 18.8 Å². The van der Waals surface area contributed by atoms with Crippen LogP contribution in [0.4, 0.5) is 0 Å². The van der Waals surface area contributed by atoms with Crippen LogP contribution in [0.1, 0.15) is 0 Å². The highest BCUT2D eigenvalue weighted by molar-refractivity contribution is 6.24. The third kappa shape index (κ3) is 4.66. The highest BCUT2D eigenvalue weighted by Gasteiger charge is 2.21. The molecule has 9 aromatic carbocycles. The van der Waals surface area contributed by atoms with Gasteiger partial charge < -0.3 is 8.83 Å². The fraction of sp³-hybridized carbons (Fsp3) is 0. The van der Waals surface area contributed by atoms with Crippen molar-refractivity contribution in [1.82, 2.24) is 9.97 Å². The molecule has 0 aliphatic heterocycles. The summed E-state index contributed by atoms with van der Waals surface area (Å²) in [4.78, 5) is 10.2. The number of nitrogens with zero attached hydrogens (tertiary/aromatic N) is 2. The summed E-state index contributed by atoms with van der Waals surface area (Å²) in [5, 5.41) is 8.92. The van der Waals surface area contributed by atoms with Gasteiger partial charge in [-0.25, -0.2) is 4.98 Å². The van der Waals surface area contributed by atoms with Crippen molar-refractivity contribution in [2.45, 2.75) is 0 Å². The molecule has 0 atom stereocenters. The number of rotatable bonds is 4. The second-order valence-corrected chi connectivity index (χ2v) is 14.5. The van der Waals surface area contributed by atoms with Crippen LogP contribution in [0.3, 0.4) is 0 Å². The second-order valence-electron chi connectivity index (χ2n) is 14.5. The van der Waals surface area contributed by atoms with Crippen LogP contribution in [0.15, 0.2) is 191 Å². The number of fused-ring (bicyclic) bond motifs is 12. The summed E-state index contributed by atoms with van der Waals surface area (Å²) in [6.45, 7) is 0. The van der Waals surface area contributed by atoms with Crippen LogP contribution in [-0.2, 0) is 0 Å². The van der Waals surface area contributed by atoms with Gasteiger partial charge in [-0.15, -0.1) is 0 Å². The van der Waals surface area contributed by atoms with Gasteiger partial charge in [0.15, 0.2) is 0 Å². The molecule has 3 aromatic heterocycles. The van der Waals surface area contributed by atoms with Crippen LogP contribution in [0.2, 0.25) is 0 Å². The number of hydrogen-bond donors (Lipinski definition) is 0. The van der Waals surface area contributed by atoms with Gasteiger partial charge >= 0.3 is 0 Å². The zero-order valence-corrected chi connectivity index (χ0v) is 30.0. The van der Waals surface area contributed by atoms with E-state index in [0.29, 0.717) is 0 Å². The molecule has 4 nitrogen and oxygen atoms in total. The maximum atomic E-state index is 6.57. The molecule has 0 unspecified atom stereocenters. The minimum atomic E-state index is 0.857. The monoisotopic (exact) mass is 714 g/mol. The van der Waals surface area contributed by atoms with E-state index in [0.717, 1.165) is 110 Å². The zero-order chi connectivity index (χ0) is 36.7. The molecule has 0 saturated heterocycles. The lowest BCUT2D eigenvalue weighted by atomic mass is 9.94. The summed E-state index contributed by atoms with van der Waals surface area (Å²) in [7, 11) is 0. The van der Waals surface area contributed by atoms with Crippen molar-refractivity contribution in [3.05, 3.63) is 182 Å². The maximum Gasteiger partial charge on any atom is 0.144 e. The van der Waals surface area contributed by atoms with Crippen molar-refractivity contribution in [2.24, 2.45) is 0 Å². The van der Waals surface area contributed by atoms with Gasteiger partial charge in [-0.1, -0.05) is 152 Å². The van der Waals surface area contributed by atoms with Gasteiger partial charge in [0, 0.05) is 43.4 Å². The van der Waals surface area contributed by atoms with Crippen LogP contribution < -0.4 is 0 Å². The molecule has 3 heterocycles. The van der Waals surface area contributed by atoms with Crippen molar-refractivity contribution in [2.75, 3.05) is 0 Å². The Hall–Kier alpha value is -7.56. The van der Waals surface area contributed by atoms with Gasteiger partial charge in [-0.2, -0.15) is 0 Å². The Morgan fingerprint density at radius 2 is 0.875 bits per heavy atom. The van der Waals surface area contributed by atoms with E-state index in [9.17, 15) is 0 Å². The molecule has 0 bridgehead atoms. The molecule has 260 valence electrons. The van der Waals surface area contributed by atoms with E-state index in [1.165, 1.54) is 10.8 Å². The molecule has 0 radical (unpaired) electrons. The summed E-state index contributed by atoms with van der Waals surface area (Å²) in [5.41, 5.74) is 13.9. The number of para-hydroxylation sites is 2. The molecule has 12 aromatic rings. The van der Waals surface area contributed by atoms with Gasteiger partial charge in [0.2, 0.25) is 0 Å². The third-order valence-corrected chi connectivity index (χ3v) is 11.3. The fourth-order valence-corrected chi connectivity index (χ4v) is 8.64. The molecule has 0 saturated carbocycles. The lowest BCUT2D eigenvalue weighted by Crippen LogP contribution is -1.92. The number of hydrogen-bond acceptors (Lipinski definition) is 4. The largest absolute Gasteiger partial charge is 0.456 e. The van der Waals surface area contributed by atoms with E-state index >= 15 is 0 Å². The summed E-state index contributed by atoms with van der Waals surface area (Å²) in [6, 6.07) is 61.7. The molecule has 0 spiro atoms. The summed E-state index contributed by atoms with van der Waals surface area (Å²) in [5.74, 6) is 0. The van der Waals surface area contributed by atoms with Crippen molar-refractivity contribution in [1.29, 1.82) is 0 Å². The summed E-state index contributed by atoms with van der Waals surface area (Å²) >= 11 is 0. The molecule has 0 aliphatic rings. The molecular formula is C52H30N2O2. The van der Waals surface area contributed by atoms with E-state index in [-0.39, 0.29) is 0 Å². The Kier molecular flexibility index (Phi) is 6.60. The number of furan rings is 2. The van der Waals surface area contributed by atoms with E-state index < -0.39 is 0 Å². The fourth-order valence-electron chi connectivity index (χ4n) is 8.64. The molecule has 0 N–H and O–H groups in total. The smallest absolute Gasteiger partial charge is 0.144 e. The summed E-state index contributed by atoms with van der Waals surface area (Å²) in [6.07, 6.45) is 1.91. The molecule has 0 aliphatic carbocycles. The molecule has 56 heavy (non-hydrogen) atoms. The van der Waals surface area contributed by atoms with E-state index in [1.807, 2.05) is 30.5 Å². The normalized spacial score (nSPS) is 11.9. The Bertz CT molecular complexity index is 3480. The Labute approximate surface area is 320 Å². The van der Waals surface area contributed by atoms with Gasteiger partial charge in [-0.05, 0) is 62.9 Å². The van der Waals surface area contributed by atoms with Crippen LogP contribution in [0.5, 0.6) is 0 Å². The number of benzene rings is 9. The van der Waals surface area contributed by atoms with Crippen LogP contribution in [-0.4, -0.2) is 9.97 Å². The summed E-state index contributed by atoms with van der Waals surface area (Å²) < 4.78 is 13.0. The van der Waals surface area contributed by atoms with Crippen molar-refractivity contribution < 1.29 is 8.83 Å². The highest BCUT2D eigenvalue weighted by atomic mass is 16.3. The highest BCUT2D eigenvalue weighted by Crippen LogP contribution is 2.45. The Balaban J connectivity index is 0.899. The number of aromatic nitrogens is 2. The quantitative estimate of drug-likeness (QED) is 0.170. The lowest BCUT2D eigenvalue weighted by Gasteiger charge is -2.11. The first-order chi connectivity index (χ1) is 27.7. The average molecular weight is 715 g/mol. The van der Waals surface area contributed by atoms with Crippen molar-refractivity contribution >= 4 is 76.5 Å². The predicted octanol–water partition coefficient (Wildman–Crippen LogP) is 14.4. The minimum absolute atomic E-state index is 0.857. The van der Waals surface area contributed by atoms with E-state index in [2.05, 4.69) is 152 Å². The predicted molar refractivity (Wildman–Crippen MR) is 231 cm³/mol. The Morgan fingerprint density at radius 1 is 0.339 bits per heavy atom. The average Bonchev–Trinajstić information content (AvgIpc) is 3.84. The SMILES string of the molecule is c1cc(-c2ccc(-c3ccc(-c4c5oc6ccccc6c5cc5oc6ccccc6c45)cc3)cc2)cc(-c2cnc3c4ccccc4c4ccccc4c3n2)c1. The van der Waals surface area contributed by atoms with Crippen LogP contribution >= 0.6 is 0 Å². The molecule has 12 rings (SSSR count). The molecule has 0 fully saturated rings. The van der Waals surface area contributed by atoms with Crippen molar-refractivity contribution in [3.8, 4) is 44.6 Å². The first-order valence-corrected chi connectivity index (χ1v) is 18.9. The third-order valence-electron chi connectivity index (χ3n) is 11.3. The zero-order valence-electron chi connectivity index (χ0n) is 30.0. The topological polar surface area (TPSA) is 52.1 Å². The lowest BCUT2D eigenvalue weighted by molar-refractivity contribution is 0.664. The molecule has 0 amide bonds. The van der Waals surface area contributed by atoms with Gasteiger partial charge in [-0.3, -0.25) is 4.98 Å². The minimum Gasteiger partial charge on any atom is -0.456 e. The van der Waals surface area contributed by atoms with Crippen molar-refractivity contribution in [3.63, 3.8) is 0 Å². The Morgan fingerprint density at radius 3 is 1.57 bits per heavy atom. The first-order valence-electron chi connectivity index (χ1n) is 18.9. The van der Waals surface area contributed by atoms with Crippen LogP contribution in [0, 0.1) is 0 Å². The molecular weight excluding hydrogens is 685 g/mol. The first kappa shape index (κ1) is 30.9. The van der Waals surface area contributed by atoms with Crippen LogP contribution in [0.25, 0.3) is 121 Å². The molecule has 4 heteroatoms. The van der Waals surface area contributed by atoms with Gasteiger partial charge in [0.05, 0.1) is 22.9 Å². The second kappa shape index (κ2) is 12.0. The van der Waals surface area contributed by atoms with E-state index in [1.54, 1.807) is 0 Å². The van der Waals surface area contributed by atoms with Gasteiger partial charge in [0.1, 0.15) is 22.3 Å². The standard InChI is InChI=1S/C52H30N2O2/c1-3-15-40-37(12-1)38-13-2-4-16-41(38)51-50(40)53-30-44(54-51)36-11-9-10-35(28-36)33-22-20-31(21-23-33)32-24-26-34(27-25-32)48-49-42-17-6-8-19-46(42)55-47(49)29-43-39-14-5-7-18-45(39)56-52(43)48/h1-30H.